The average Bonchev–Trinajstić information content (AvgIpc) is 2.86. The monoisotopic (exact) mass is 459 g/mol. The molecule has 1 unspecified atom stereocenters. The van der Waals surface area contributed by atoms with Gasteiger partial charge >= 0.3 is 18.0 Å². The number of fused-ring (bicyclic) bond motifs is 1. The molecule has 4 rings (SSSR count). The molecule has 0 saturated heterocycles. The van der Waals surface area contributed by atoms with Crippen LogP contribution in [0.4, 0.5) is 16.2 Å². The maximum atomic E-state index is 13.1. The number of anilines is 2. The van der Waals surface area contributed by atoms with Crippen LogP contribution in [0.2, 0.25) is 0 Å². The molecule has 2 aromatic carbocycles. The summed E-state index contributed by atoms with van der Waals surface area (Å²) < 4.78 is 10.0. The molecule has 34 heavy (non-hydrogen) atoms. The van der Waals surface area contributed by atoms with Crippen LogP contribution in [0, 0.1) is 11.3 Å². The number of urea groups is 1. The molecule has 1 atom stereocenters. The van der Waals surface area contributed by atoms with Crippen LogP contribution in [0.15, 0.2) is 71.2 Å². The van der Waals surface area contributed by atoms with E-state index < -0.39 is 17.9 Å². The van der Waals surface area contributed by atoms with Crippen LogP contribution < -0.4 is 21.3 Å². The van der Waals surface area contributed by atoms with Crippen LogP contribution >= 0.6 is 0 Å². The Balaban J connectivity index is 2.01. The Kier molecular flexibility index (Phi) is 5.93. The van der Waals surface area contributed by atoms with E-state index in [0.29, 0.717) is 23.5 Å². The third-order valence-corrected chi connectivity index (χ3v) is 5.65. The van der Waals surface area contributed by atoms with E-state index in [1.807, 2.05) is 0 Å². The average molecular weight is 459 g/mol. The molecule has 0 fully saturated rings. The summed E-state index contributed by atoms with van der Waals surface area (Å²) in [6, 6.07) is 15.5. The van der Waals surface area contributed by atoms with Gasteiger partial charge in [0.05, 0.1) is 37.4 Å². The molecule has 2 aliphatic heterocycles. The lowest BCUT2D eigenvalue weighted by Crippen LogP contribution is -2.41. The Morgan fingerprint density at radius 2 is 1.82 bits per heavy atom. The lowest BCUT2D eigenvalue weighted by Gasteiger charge is -2.36. The largest absolute Gasteiger partial charge is 0.466 e. The van der Waals surface area contributed by atoms with Crippen molar-refractivity contribution in [2.24, 2.45) is 5.73 Å². The molecule has 0 bridgehead atoms. The summed E-state index contributed by atoms with van der Waals surface area (Å²) in [7, 11) is 2.37. The van der Waals surface area contributed by atoms with E-state index in [-0.39, 0.29) is 28.7 Å². The molecule has 10 heteroatoms. The number of nitrogens with two attached hydrogens (primary N) is 1. The quantitative estimate of drug-likeness (QED) is 0.590. The summed E-state index contributed by atoms with van der Waals surface area (Å²) in [4.78, 5) is 39.2. The van der Waals surface area contributed by atoms with Gasteiger partial charge in [0.2, 0.25) is 0 Å². The van der Waals surface area contributed by atoms with Crippen LogP contribution in [0.1, 0.15) is 17.0 Å². The number of carbonyl (C=O) groups excluding carboxylic acids is 3. The van der Waals surface area contributed by atoms with Gasteiger partial charge in [-0.3, -0.25) is 4.90 Å². The Hall–Kier alpha value is -4.78. The minimum Gasteiger partial charge on any atom is -0.466 e. The van der Waals surface area contributed by atoms with Crippen LogP contribution in [0.3, 0.4) is 0 Å². The van der Waals surface area contributed by atoms with Crippen molar-refractivity contribution in [3.8, 4) is 6.07 Å². The number of methoxy groups -OCH3 is 2. The molecule has 4 N–H and O–H groups in total. The summed E-state index contributed by atoms with van der Waals surface area (Å²) in [6.45, 7) is 0.319. The molecule has 10 nitrogen and oxygen atoms in total. The highest BCUT2D eigenvalue weighted by atomic mass is 16.5. The summed E-state index contributed by atoms with van der Waals surface area (Å²) in [5.74, 6) is -2.66. The SMILES string of the molecule is COC(=O)C1=C(C(=O)OC)N(c2ccc3c(c2)NC(=O)NC3)C(N)=C(C#N)C1c1ccccc1. The van der Waals surface area contributed by atoms with E-state index in [2.05, 4.69) is 16.7 Å². The highest BCUT2D eigenvalue weighted by Gasteiger charge is 2.43. The lowest BCUT2D eigenvalue weighted by atomic mass is 9.81. The Morgan fingerprint density at radius 1 is 1.12 bits per heavy atom. The van der Waals surface area contributed by atoms with E-state index in [0.717, 1.165) is 5.56 Å². The lowest BCUT2D eigenvalue weighted by molar-refractivity contribution is -0.139. The molecular weight excluding hydrogens is 438 g/mol. The normalized spacial score (nSPS) is 17.3. The predicted molar refractivity (Wildman–Crippen MR) is 122 cm³/mol. The molecule has 2 aromatic rings. The van der Waals surface area contributed by atoms with Gasteiger partial charge in [-0.2, -0.15) is 5.26 Å². The standard InChI is InChI=1S/C24H21N5O5/c1-33-22(30)19-18(13-6-4-3-5-7-13)16(11-25)21(26)29(20(19)23(31)34-2)15-9-8-14-12-27-24(32)28-17(14)10-15/h3-10,18H,12,26H2,1-2H3,(H2,27,28,32). The smallest absolute Gasteiger partial charge is 0.355 e. The maximum absolute atomic E-state index is 13.1. The number of nitriles is 1. The Labute approximate surface area is 195 Å². The second-order valence-corrected chi connectivity index (χ2v) is 7.48. The number of amides is 2. The van der Waals surface area contributed by atoms with Crippen molar-refractivity contribution in [2.75, 3.05) is 24.4 Å². The summed E-state index contributed by atoms with van der Waals surface area (Å²) in [6.07, 6.45) is 0. The fourth-order valence-corrected chi connectivity index (χ4v) is 4.10. The first-order chi connectivity index (χ1) is 16.4. The second kappa shape index (κ2) is 8.99. The fourth-order valence-electron chi connectivity index (χ4n) is 4.10. The Bertz CT molecular complexity index is 1290. The number of nitrogens with zero attached hydrogens (tertiary/aromatic N) is 2. The number of rotatable bonds is 4. The molecule has 0 aromatic heterocycles. The van der Waals surface area contributed by atoms with Crippen LogP contribution in [-0.4, -0.2) is 32.2 Å². The van der Waals surface area contributed by atoms with Gasteiger partial charge in [0, 0.05) is 17.9 Å². The van der Waals surface area contributed by atoms with Crippen LogP contribution in [0.25, 0.3) is 0 Å². The molecule has 0 saturated carbocycles. The van der Waals surface area contributed by atoms with Gasteiger partial charge in [0.1, 0.15) is 11.5 Å². The van der Waals surface area contributed by atoms with Crippen LogP contribution in [0.5, 0.6) is 0 Å². The number of benzene rings is 2. The third-order valence-electron chi connectivity index (χ3n) is 5.65. The number of ether oxygens (including phenoxy) is 2. The first kappa shape index (κ1) is 22.4. The zero-order chi connectivity index (χ0) is 24.4. The molecular formula is C24H21N5O5. The van der Waals surface area contributed by atoms with Gasteiger partial charge in [0.25, 0.3) is 0 Å². The van der Waals surface area contributed by atoms with E-state index in [9.17, 15) is 19.6 Å². The van der Waals surface area contributed by atoms with Crippen molar-refractivity contribution >= 4 is 29.3 Å². The maximum Gasteiger partial charge on any atom is 0.355 e. The van der Waals surface area contributed by atoms with Crippen molar-refractivity contribution in [3.05, 3.63) is 82.3 Å². The van der Waals surface area contributed by atoms with Gasteiger partial charge in [-0.1, -0.05) is 36.4 Å². The fraction of sp³-hybridized carbons (Fsp3) is 0.167. The number of esters is 2. The topological polar surface area (TPSA) is 147 Å². The number of hydrogen-bond acceptors (Lipinski definition) is 8. The van der Waals surface area contributed by atoms with Gasteiger partial charge < -0.3 is 25.8 Å². The first-order valence-corrected chi connectivity index (χ1v) is 10.2. The molecule has 172 valence electrons. The van der Waals surface area contributed by atoms with Gasteiger partial charge in [-0.15, -0.1) is 0 Å². The number of carbonyl (C=O) groups is 3. The molecule has 2 heterocycles. The van der Waals surface area contributed by atoms with Crippen molar-refractivity contribution in [2.45, 2.75) is 12.5 Å². The number of allylic oxidation sites excluding steroid dienone is 1. The minimum atomic E-state index is -0.953. The predicted octanol–water partition coefficient (Wildman–Crippen LogP) is 2.22. The number of nitrogens with one attached hydrogen (secondary N) is 2. The molecule has 0 spiro atoms. The molecule has 2 amide bonds. The van der Waals surface area contributed by atoms with Gasteiger partial charge in [-0.25, -0.2) is 14.4 Å². The minimum absolute atomic E-state index is 0.0513. The van der Waals surface area contributed by atoms with Crippen molar-refractivity contribution in [1.29, 1.82) is 5.26 Å². The third kappa shape index (κ3) is 3.69. The molecule has 2 aliphatic rings. The van der Waals surface area contributed by atoms with Gasteiger partial charge in [-0.05, 0) is 23.3 Å². The van der Waals surface area contributed by atoms with Gasteiger partial charge in [0.15, 0.2) is 0 Å². The first-order valence-electron chi connectivity index (χ1n) is 10.2. The molecule has 0 aliphatic carbocycles. The number of hydrogen-bond donors (Lipinski definition) is 3. The highest BCUT2D eigenvalue weighted by molar-refractivity contribution is 6.06. The molecule has 0 radical (unpaired) electrons. The summed E-state index contributed by atoms with van der Waals surface area (Å²) >= 11 is 0. The van der Waals surface area contributed by atoms with E-state index in [1.54, 1.807) is 48.5 Å². The van der Waals surface area contributed by atoms with Crippen LogP contribution in [-0.2, 0) is 25.6 Å². The highest BCUT2D eigenvalue weighted by Crippen LogP contribution is 2.43. The summed E-state index contributed by atoms with van der Waals surface area (Å²) in [5, 5.41) is 15.4. The summed E-state index contributed by atoms with van der Waals surface area (Å²) in [5.41, 5.74) is 8.49. The van der Waals surface area contributed by atoms with Crippen molar-refractivity contribution in [3.63, 3.8) is 0 Å². The second-order valence-electron chi connectivity index (χ2n) is 7.48. The zero-order valence-electron chi connectivity index (χ0n) is 18.4. The zero-order valence-corrected chi connectivity index (χ0v) is 18.4. The van der Waals surface area contributed by atoms with E-state index in [4.69, 9.17) is 15.2 Å². The van der Waals surface area contributed by atoms with Crippen molar-refractivity contribution in [1.82, 2.24) is 5.32 Å². The van der Waals surface area contributed by atoms with E-state index >= 15 is 0 Å². The Morgan fingerprint density at radius 3 is 2.47 bits per heavy atom. The van der Waals surface area contributed by atoms with Crippen molar-refractivity contribution < 1.29 is 23.9 Å². The van der Waals surface area contributed by atoms with E-state index in [1.165, 1.54) is 19.1 Å².